The predicted octanol–water partition coefficient (Wildman–Crippen LogP) is 3.56. The highest BCUT2D eigenvalue weighted by atomic mass is 79.9. The van der Waals surface area contributed by atoms with Crippen LogP contribution < -0.4 is 10.1 Å². The fraction of sp³-hybridized carbons (Fsp3) is 0.562. The number of hydrogen-bond donors (Lipinski definition) is 1. The monoisotopic (exact) mass is 341 g/mol. The molecular weight excluding hydrogens is 318 g/mol. The van der Waals surface area contributed by atoms with Gasteiger partial charge in [-0.25, -0.2) is 0 Å². The van der Waals surface area contributed by atoms with Crippen LogP contribution in [0.4, 0.5) is 0 Å². The van der Waals surface area contributed by atoms with Gasteiger partial charge in [0.1, 0.15) is 5.75 Å². The molecule has 1 aromatic carbocycles. The summed E-state index contributed by atoms with van der Waals surface area (Å²) in [5, 5.41) is 4.03. The summed E-state index contributed by atoms with van der Waals surface area (Å²) in [4.78, 5) is 12.0. The number of hydrogen-bond acceptors (Lipinski definition) is 2. The van der Waals surface area contributed by atoms with Gasteiger partial charge in [0.25, 0.3) is 0 Å². The van der Waals surface area contributed by atoms with E-state index in [4.69, 9.17) is 4.74 Å². The molecule has 0 radical (unpaired) electrons. The fourth-order valence-corrected chi connectivity index (χ4v) is 2.85. The molecule has 1 rings (SSSR count). The Morgan fingerprint density at radius 3 is 2.85 bits per heavy atom. The quantitative estimate of drug-likeness (QED) is 0.697. The van der Waals surface area contributed by atoms with Crippen LogP contribution in [-0.2, 0) is 11.2 Å². The Morgan fingerprint density at radius 1 is 1.40 bits per heavy atom. The summed E-state index contributed by atoms with van der Waals surface area (Å²) in [6, 6.07) is 7.65. The largest absolute Gasteiger partial charge is 0.497 e. The summed E-state index contributed by atoms with van der Waals surface area (Å²) in [5.74, 6) is 1.43. The van der Waals surface area contributed by atoms with E-state index in [1.165, 1.54) is 0 Å². The average molecular weight is 342 g/mol. The van der Waals surface area contributed by atoms with Gasteiger partial charge in [0.05, 0.1) is 13.5 Å². The summed E-state index contributed by atoms with van der Waals surface area (Å²) in [5.41, 5.74) is 0.981. The number of rotatable bonds is 9. The van der Waals surface area contributed by atoms with Crippen LogP contribution >= 0.6 is 15.9 Å². The Bertz CT molecular complexity index is 403. The molecule has 0 fully saturated rings. The van der Waals surface area contributed by atoms with Crippen molar-refractivity contribution in [3.8, 4) is 5.75 Å². The second kappa shape index (κ2) is 9.81. The molecule has 1 N–H and O–H groups in total. The van der Waals surface area contributed by atoms with Crippen molar-refractivity contribution in [1.29, 1.82) is 0 Å². The Balaban J connectivity index is 2.42. The van der Waals surface area contributed by atoms with Gasteiger partial charge in [-0.05, 0) is 36.5 Å². The zero-order valence-electron chi connectivity index (χ0n) is 12.3. The Hall–Kier alpha value is -1.03. The van der Waals surface area contributed by atoms with Crippen LogP contribution in [0.3, 0.4) is 0 Å². The van der Waals surface area contributed by atoms with Gasteiger partial charge >= 0.3 is 0 Å². The van der Waals surface area contributed by atoms with Gasteiger partial charge in [0, 0.05) is 11.9 Å². The van der Waals surface area contributed by atoms with Gasteiger partial charge < -0.3 is 10.1 Å². The summed E-state index contributed by atoms with van der Waals surface area (Å²) in [6.45, 7) is 2.95. The number of nitrogens with one attached hydrogen (secondary N) is 1. The maximum absolute atomic E-state index is 12.0. The fourth-order valence-electron chi connectivity index (χ4n) is 2.20. The number of methoxy groups -OCH3 is 1. The molecule has 0 bridgehead atoms. The predicted molar refractivity (Wildman–Crippen MR) is 86.5 cm³/mol. The number of halogens is 1. The molecule has 0 aliphatic carbocycles. The molecule has 112 valence electrons. The molecule has 1 amide bonds. The minimum absolute atomic E-state index is 0.0777. The molecular formula is C16H24BrNO2. The van der Waals surface area contributed by atoms with Crippen molar-refractivity contribution in [2.24, 2.45) is 5.92 Å². The Kier molecular flexibility index (Phi) is 8.35. The molecule has 0 spiro atoms. The average Bonchev–Trinajstić information content (AvgIpc) is 2.45. The molecule has 1 atom stereocenters. The number of ether oxygens (including phenoxy) is 1. The van der Waals surface area contributed by atoms with Gasteiger partial charge in [-0.1, -0.05) is 41.4 Å². The van der Waals surface area contributed by atoms with Crippen molar-refractivity contribution >= 4 is 21.8 Å². The van der Waals surface area contributed by atoms with Crippen molar-refractivity contribution < 1.29 is 9.53 Å². The first kappa shape index (κ1) is 17.0. The van der Waals surface area contributed by atoms with Gasteiger partial charge in [-0.15, -0.1) is 0 Å². The van der Waals surface area contributed by atoms with E-state index in [1.807, 2.05) is 24.3 Å². The second-order valence-corrected chi connectivity index (χ2v) is 5.76. The smallest absolute Gasteiger partial charge is 0.224 e. The van der Waals surface area contributed by atoms with Crippen molar-refractivity contribution in [3.63, 3.8) is 0 Å². The van der Waals surface area contributed by atoms with Gasteiger partial charge in [0.2, 0.25) is 5.91 Å². The SMILES string of the molecule is CCCC(CCBr)CNC(=O)Cc1cccc(OC)c1. The number of benzene rings is 1. The lowest BCUT2D eigenvalue weighted by molar-refractivity contribution is -0.120. The normalized spacial score (nSPS) is 11.9. The second-order valence-electron chi connectivity index (χ2n) is 4.96. The standard InChI is InChI=1S/C16H24BrNO2/c1-3-5-13(8-9-17)12-18-16(19)11-14-6-4-7-15(10-14)20-2/h4,6-7,10,13H,3,5,8-9,11-12H2,1-2H3,(H,18,19). The van der Waals surface area contributed by atoms with Crippen molar-refractivity contribution in [1.82, 2.24) is 5.32 Å². The lowest BCUT2D eigenvalue weighted by atomic mass is 10.0. The van der Waals surface area contributed by atoms with E-state index in [2.05, 4.69) is 28.2 Å². The number of amides is 1. The van der Waals surface area contributed by atoms with Crippen LogP contribution in [-0.4, -0.2) is 24.9 Å². The van der Waals surface area contributed by atoms with Crippen molar-refractivity contribution in [2.75, 3.05) is 19.0 Å². The number of carbonyl (C=O) groups excluding carboxylic acids is 1. The van der Waals surface area contributed by atoms with Gasteiger partial charge in [-0.3, -0.25) is 4.79 Å². The van der Waals surface area contributed by atoms with E-state index in [0.29, 0.717) is 12.3 Å². The summed E-state index contributed by atoms with van der Waals surface area (Å²) < 4.78 is 5.16. The van der Waals surface area contributed by atoms with Crippen molar-refractivity contribution in [3.05, 3.63) is 29.8 Å². The molecule has 1 aromatic rings. The van der Waals surface area contributed by atoms with E-state index in [9.17, 15) is 4.79 Å². The maximum Gasteiger partial charge on any atom is 0.224 e. The molecule has 0 saturated carbocycles. The topological polar surface area (TPSA) is 38.3 Å². The summed E-state index contributed by atoms with van der Waals surface area (Å²) >= 11 is 3.47. The van der Waals surface area contributed by atoms with E-state index in [-0.39, 0.29) is 5.91 Å². The van der Waals surface area contributed by atoms with E-state index < -0.39 is 0 Å². The first-order valence-corrected chi connectivity index (χ1v) is 8.27. The molecule has 0 aliphatic rings. The summed E-state index contributed by atoms with van der Waals surface area (Å²) in [7, 11) is 1.63. The first-order chi connectivity index (χ1) is 9.69. The Morgan fingerprint density at radius 2 is 2.20 bits per heavy atom. The Labute approximate surface area is 130 Å². The minimum atomic E-state index is 0.0777. The third-order valence-electron chi connectivity index (χ3n) is 3.30. The highest BCUT2D eigenvalue weighted by Gasteiger charge is 2.10. The molecule has 4 heteroatoms. The third kappa shape index (κ3) is 6.42. The molecule has 0 saturated heterocycles. The lowest BCUT2D eigenvalue weighted by Crippen LogP contribution is -2.30. The minimum Gasteiger partial charge on any atom is -0.497 e. The third-order valence-corrected chi connectivity index (χ3v) is 3.76. The summed E-state index contributed by atoms with van der Waals surface area (Å²) in [6.07, 6.45) is 3.83. The highest BCUT2D eigenvalue weighted by Crippen LogP contribution is 2.14. The van der Waals surface area contributed by atoms with Crippen LogP contribution in [0.5, 0.6) is 5.75 Å². The van der Waals surface area contributed by atoms with E-state index in [0.717, 1.165) is 42.5 Å². The zero-order chi connectivity index (χ0) is 14.8. The lowest BCUT2D eigenvalue weighted by Gasteiger charge is -2.15. The first-order valence-electron chi connectivity index (χ1n) is 7.15. The van der Waals surface area contributed by atoms with Crippen molar-refractivity contribution in [2.45, 2.75) is 32.6 Å². The maximum atomic E-state index is 12.0. The van der Waals surface area contributed by atoms with Crippen LogP contribution in [0.1, 0.15) is 31.7 Å². The zero-order valence-corrected chi connectivity index (χ0v) is 13.9. The van der Waals surface area contributed by atoms with Gasteiger partial charge in [-0.2, -0.15) is 0 Å². The van der Waals surface area contributed by atoms with Gasteiger partial charge in [0.15, 0.2) is 0 Å². The number of alkyl halides is 1. The van der Waals surface area contributed by atoms with E-state index >= 15 is 0 Å². The van der Waals surface area contributed by atoms with E-state index in [1.54, 1.807) is 7.11 Å². The molecule has 1 unspecified atom stereocenters. The molecule has 3 nitrogen and oxygen atoms in total. The molecule has 0 heterocycles. The molecule has 20 heavy (non-hydrogen) atoms. The highest BCUT2D eigenvalue weighted by molar-refractivity contribution is 9.09. The number of carbonyl (C=O) groups is 1. The van der Waals surface area contributed by atoms with Crippen LogP contribution in [0.25, 0.3) is 0 Å². The molecule has 0 aromatic heterocycles. The van der Waals surface area contributed by atoms with Crippen LogP contribution in [0.2, 0.25) is 0 Å². The van der Waals surface area contributed by atoms with Crippen LogP contribution in [0.15, 0.2) is 24.3 Å². The van der Waals surface area contributed by atoms with Crippen LogP contribution in [0, 0.1) is 5.92 Å². The molecule has 0 aliphatic heterocycles.